The minimum atomic E-state index is -0.579. The molecule has 0 saturated heterocycles. The number of aryl methyl sites for hydroxylation is 1. The Labute approximate surface area is 140 Å². The quantitative estimate of drug-likeness (QED) is 0.877. The van der Waals surface area contributed by atoms with Crippen molar-refractivity contribution in [3.63, 3.8) is 0 Å². The monoisotopic (exact) mass is 330 g/mol. The summed E-state index contributed by atoms with van der Waals surface area (Å²) in [7, 11) is 0. The van der Waals surface area contributed by atoms with Crippen LogP contribution in [0.25, 0.3) is 0 Å². The highest BCUT2D eigenvalue weighted by atomic mass is 32.1. The van der Waals surface area contributed by atoms with Gasteiger partial charge in [0, 0.05) is 5.69 Å². The summed E-state index contributed by atoms with van der Waals surface area (Å²) in [5.41, 5.74) is 2.94. The Kier molecular flexibility index (Phi) is 5.55. The van der Waals surface area contributed by atoms with Crippen LogP contribution in [0.1, 0.15) is 34.6 Å². The van der Waals surface area contributed by atoms with E-state index in [4.69, 9.17) is 0 Å². The molecule has 0 bridgehead atoms. The highest BCUT2D eigenvalue weighted by Gasteiger charge is 2.25. The standard InChI is InChI=1S/C18H22N2O2S/c1-11(2)16(20-17(21)15-9-6-10-23-15)18(22)19-14-8-5-7-12(3)13(14)4/h5-11,16H,1-4H3,(H,19,22)(H,20,21)/t16-/m1/s1. The van der Waals surface area contributed by atoms with Crippen LogP contribution in [0.15, 0.2) is 35.7 Å². The molecular weight excluding hydrogens is 308 g/mol. The molecule has 0 spiro atoms. The zero-order valence-electron chi connectivity index (χ0n) is 13.8. The molecular formula is C18H22N2O2S. The van der Waals surface area contributed by atoms with Crippen molar-refractivity contribution in [1.29, 1.82) is 0 Å². The van der Waals surface area contributed by atoms with Gasteiger partial charge in [0.2, 0.25) is 5.91 Å². The number of hydrogen-bond acceptors (Lipinski definition) is 3. The number of carbonyl (C=O) groups is 2. The maximum atomic E-state index is 12.6. The van der Waals surface area contributed by atoms with Crippen LogP contribution in [0, 0.1) is 19.8 Å². The number of rotatable bonds is 5. The lowest BCUT2D eigenvalue weighted by Gasteiger charge is -2.22. The smallest absolute Gasteiger partial charge is 0.262 e. The maximum absolute atomic E-state index is 12.6. The highest BCUT2D eigenvalue weighted by Crippen LogP contribution is 2.19. The summed E-state index contributed by atoms with van der Waals surface area (Å²) in [6, 6.07) is 8.78. The molecule has 1 atom stereocenters. The Bertz CT molecular complexity index is 693. The number of carbonyl (C=O) groups excluding carboxylic acids is 2. The van der Waals surface area contributed by atoms with Gasteiger partial charge < -0.3 is 10.6 Å². The molecule has 0 saturated carbocycles. The van der Waals surface area contributed by atoms with E-state index in [1.807, 2.05) is 57.3 Å². The van der Waals surface area contributed by atoms with Gasteiger partial charge in [0.25, 0.3) is 5.91 Å². The predicted octanol–water partition coefficient (Wildman–Crippen LogP) is 3.76. The van der Waals surface area contributed by atoms with Crippen LogP contribution in [-0.2, 0) is 4.79 Å². The van der Waals surface area contributed by atoms with Crippen LogP contribution in [0.3, 0.4) is 0 Å². The average Bonchev–Trinajstić information content (AvgIpc) is 3.03. The predicted molar refractivity (Wildman–Crippen MR) is 95.0 cm³/mol. The summed E-state index contributed by atoms with van der Waals surface area (Å²) >= 11 is 1.36. The second-order valence-electron chi connectivity index (χ2n) is 5.91. The molecule has 2 rings (SSSR count). The molecule has 122 valence electrons. The van der Waals surface area contributed by atoms with E-state index in [1.54, 1.807) is 6.07 Å². The van der Waals surface area contributed by atoms with Crippen LogP contribution >= 0.6 is 11.3 Å². The van der Waals surface area contributed by atoms with E-state index >= 15 is 0 Å². The lowest BCUT2D eigenvalue weighted by molar-refractivity contribution is -0.118. The Morgan fingerprint density at radius 3 is 2.43 bits per heavy atom. The number of anilines is 1. The molecule has 0 unspecified atom stereocenters. The molecule has 5 heteroatoms. The van der Waals surface area contributed by atoms with E-state index in [1.165, 1.54) is 11.3 Å². The minimum Gasteiger partial charge on any atom is -0.339 e. The number of benzene rings is 1. The minimum absolute atomic E-state index is 0.0102. The van der Waals surface area contributed by atoms with Crippen molar-refractivity contribution in [1.82, 2.24) is 5.32 Å². The third-order valence-electron chi connectivity index (χ3n) is 3.84. The van der Waals surface area contributed by atoms with Crippen molar-refractivity contribution in [2.24, 2.45) is 5.92 Å². The number of thiophene rings is 1. The van der Waals surface area contributed by atoms with E-state index in [0.717, 1.165) is 16.8 Å². The molecule has 1 aromatic carbocycles. The van der Waals surface area contributed by atoms with E-state index < -0.39 is 6.04 Å². The molecule has 2 amide bonds. The second-order valence-corrected chi connectivity index (χ2v) is 6.86. The van der Waals surface area contributed by atoms with Crippen molar-refractivity contribution in [3.8, 4) is 0 Å². The van der Waals surface area contributed by atoms with Crippen LogP contribution in [0.5, 0.6) is 0 Å². The fraction of sp³-hybridized carbons (Fsp3) is 0.333. The van der Waals surface area contributed by atoms with Crippen molar-refractivity contribution in [3.05, 3.63) is 51.7 Å². The summed E-state index contributed by atoms with van der Waals surface area (Å²) in [4.78, 5) is 25.4. The highest BCUT2D eigenvalue weighted by molar-refractivity contribution is 7.12. The first-order valence-corrected chi connectivity index (χ1v) is 8.49. The summed E-state index contributed by atoms with van der Waals surface area (Å²) in [6.45, 7) is 7.81. The number of amides is 2. The molecule has 0 radical (unpaired) electrons. The van der Waals surface area contributed by atoms with Crippen molar-refractivity contribution < 1.29 is 9.59 Å². The summed E-state index contributed by atoms with van der Waals surface area (Å²) in [6.07, 6.45) is 0. The van der Waals surface area contributed by atoms with E-state index in [9.17, 15) is 9.59 Å². The van der Waals surface area contributed by atoms with Crippen LogP contribution < -0.4 is 10.6 Å². The number of nitrogens with one attached hydrogen (secondary N) is 2. The normalized spacial score (nSPS) is 12.0. The van der Waals surface area contributed by atoms with Gasteiger partial charge in [-0.15, -0.1) is 11.3 Å². The third kappa shape index (κ3) is 4.20. The molecule has 2 N–H and O–H groups in total. The van der Waals surface area contributed by atoms with Gasteiger partial charge in [-0.3, -0.25) is 9.59 Å². The molecule has 0 aliphatic carbocycles. The summed E-state index contributed by atoms with van der Waals surface area (Å²) < 4.78 is 0. The zero-order valence-corrected chi connectivity index (χ0v) is 14.7. The third-order valence-corrected chi connectivity index (χ3v) is 4.71. The van der Waals surface area contributed by atoms with Crippen LogP contribution in [-0.4, -0.2) is 17.9 Å². The Morgan fingerprint density at radius 1 is 1.09 bits per heavy atom. The molecule has 4 nitrogen and oxygen atoms in total. The van der Waals surface area contributed by atoms with Gasteiger partial charge in [-0.2, -0.15) is 0 Å². The summed E-state index contributed by atoms with van der Waals surface area (Å²) in [5.74, 6) is -0.419. The average molecular weight is 330 g/mol. The van der Waals surface area contributed by atoms with Gasteiger partial charge in [0.15, 0.2) is 0 Å². The van der Waals surface area contributed by atoms with Crippen LogP contribution in [0.2, 0.25) is 0 Å². The fourth-order valence-electron chi connectivity index (χ4n) is 2.25. The molecule has 0 aliphatic heterocycles. The topological polar surface area (TPSA) is 58.2 Å². The molecule has 23 heavy (non-hydrogen) atoms. The largest absolute Gasteiger partial charge is 0.339 e. The van der Waals surface area contributed by atoms with Crippen molar-refractivity contribution in [2.45, 2.75) is 33.7 Å². The van der Waals surface area contributed by atoms with Gasteiger partial charge in [-0.05, 0) is 48.4 Å². The Hall–Kier alpha value is -2.14. The first kappa shape index (κ1) is 17.2. The molecule has 0 aliphatic rings. The number of hydrogen-bond donors (Lipinski definition) is 2. The van der Waals surface area contributed by atoms with Gasteiger partial charge in [-0.25, -0.2) is 0 Å². The van der Waals surface area contributed by atoms with Gasteiger partial charge >= 0.3 is 0 Å². The lowest BCUT2D eigenvalue weighted by atomic mass is 10.0. The van der Waals surface area contributed by atoms with Gasteiger partial charge in [0.05, 0.1) is 4.88 Å². The Balaban J connectivity index is 2.12. The van der Waals surface area contributed by atoms with E-state index in [0.29, 0.717) is 4.88 Å². The van der Waals surface area contributed by atoms with E-state index in [2.05, 4.69) is 10.6 Å². The van der Waals surface area contributed by atoms with Gasteiger partial charge in [-0.1, -0.05) is 32.0 Å². The first-order valence-electron chi connectivity index (χ1n) is 7.61. The summed E-state index contributed by atoms with van der Waals surface area (Å²) in [5, 5.41) is 7.61. The van der Waals surface area contributed by atoms with Crippen molar-refractivity contribution >= 4 is 28.8 Å². The molecule has 0 fully saturated rings. The lowest BCUT2D eigenvalue weighted by Crippen LogP contribution is -2.47. The SMILES string of the molecule is Cc1cccc(NC(=O)[C@H](NC(=O)c2cccs2)C(C)C)c1C. The first-order chi connectivity index (χ1) is 10.9. The van der Waals surface area contributed by atoms with Gasteiger partial charge in [0.1, 0.15) is 6.04 Å². The van der Waals surface area contributed by atoms with E-state index in [-0.39, 0.29) is 17.7 Å². The zero-order chi connectivity index (χ0) is 17.0. The second kappa shape index (κ2) is 7.42. The van der Waals surface area contributed by atoms with Crippen LogP contribution in [0.4, 0.5) is 5.69 Å². The molecule has 2 aromatic rings. The maximum Gasteiger partial charge on any atom is 0.262 e. The fourth-order valence-corrected chi connectivity index (χ4v) is 2.88. The molecule has 1 aromatic heterocycles. The Morgan fingerprint density at radius 2 is 1.83 bits per heavy atom. The van der Waals surface area contributed by atoms with Crippen molar-refractivity contribution in [2.75, 3.05) is 5.32 Å². The molecule has 1 heterocycles.